The van der Waals surface area contributed by atoms with Crippen molar-refractivity contribution in [2.24, 2.45) is 5.92 Å². The Kier molecular flexibility index (Phi) is 7.53. The topological polar surface area (TPSA) is 81.7 Å². The number of Topliss-reactive ketones (excluding diaryl/α,β-unsaturated/α-hetero) is 1. The van der Waals surface area contributed by atoms with E-state index in [4.69, 9.17) is 9.47 Å². The molecule has 1 atom stereocenters. The van der Waals surface area contributed by atoms with Gasteiger partial charge in [-0.15, -0.1) is 0 Å². The molecule has 0 aliphatic carbocycles. The summed E-state index contributed by atoms with van der Waals surface area (Å²) >= 11 is 0. The Labute approximate surface area is 171 Å². The maximum atomic E-state index is 12.5. The van der Waals surface area contributed by atoms with Gasteiger partial charge in [-0.3, -0.25) is 9.59 Å². The predicted molar refractivity (Wildman–Crippen MR) is 110 cm³/mol. The summed E-state index contributed by atoms with van der Waals surface area (Å²) in [4.78, 5) is 37.5. The van der Waals surface area contributed by atoms with Crippen molar-refractivity contribution in [1.82, 2.24) is 5.32 Å². The molecule has 154 valence electrons. The van der Waals surface area contributed by atoms with Crippen molar-refractivity contribution in [2.75, 3.05) is 13.7 Å². The van der Waals surface area contributed by atoms with Crippen molar-refractivity contribution in [3.63, 3.8) is 0 Å². The van der Waals surface area contributed by atoms with Crippen molar-refractivity contribution in [3.8, 4) is 5.75 Å². The number of carbonyl (C=O) groups is 3. The molecule has 2 rings (SSSR count). The third-order valence-corrected chi connectivity index (χ3v) is 4.60. The van der Waals surface area contributed by atoms with Crippen LogP contribution in [0.25, 0.3) is 0 Å². The summed E-state index contributed by atoms with van der Waals surface area (Å²) in [6, 6.07) is 11.2. The molecule has 0 aliphatic rings. The Morgan fingerprint density at radius 2 is 1.66 bits per heavy atom. The molecule has 0 fully saturated rings. The molecule has 0 bridgehead atoms. The van der Waals surface area contributed by atoms with Crippen LogP contribution >= 0.6 is 0 Å². The van der Waals surface area contributed by atoms with E-state index in [0.717, 1.165) is 11.1 Å². The molecule has 0 radical (unpaired) electrons. The first-order chi connectivity index (χ1) is 13.7. The van der Waals surface area contributed by atoms with Gasteiger partial charge in [-0.1, -0.05) is 31.5 Å². The standard InChI is InChI=1S/C23H27NO5/c1-14(2)21(24-22(26)17-8-10-18(28-5)11-9-17)23(27)29-13-20(25)19-12-15(3)6-7-16(19)4/h6-12,14,21H,13H2,1-5H3,(H,24,26)/t21-/m0/s1. The van der Waals surface area contributed by atoms with Crippen LogP contribution < -0.4 is 10.1 Å². The van der Waals surface area contributed by atoms with Crippen molar-refractivity contribution in [1.29, 1.82) is 0 Å². The maximum Gasteiger partial charge on any atom is 0.329 e. The fourth-order valence-electron chi connectivity index (χ4n) is 2.81. The van der Waals surface area contributed by atoms with Gasteiger partial charge in [-0.05, 0) is 55.7 Å². The van der Waals surface area contributed by atoms with E-state index in [2.05, 4.69) is 5.32 Å². The average molecular weight is 397 g/mol. The number of carbonyl (C=O) groups excluding carboxylic acids is 3. The number of rotatable bonds is 8. The van der Waals surface area contributed by atoms with Gasteiger partial charge >= 0.3 is 5.97 Å². The molecule has 1 N–H and O–H groups in total. The first kappa shape index (κ1) is 22.1. The van der Waals surface area contributed by atoms with Gasteiger partial charge in [0.05, 0.1) is 7.11 Å². The van der Waals surface area contributed by atoms with Crippen LogP contribution in [0.3, 0.4) is 0 Å². The van der Waals surface area contributed by atoms with E-state index in [9.17, 15) is 14.4 Å². The second-order valence-electron chi connectivity index (χ2n) is 7.27. The molecule has 1 amide bonds. The Balaban J connectivity index is 2.02. The van der Waals surface area contributed by atoms with E-state index < -0.39 is 17.9 Å². The Bertz CT molecular complexity index is 887. The highest BCUT2D eigenvalue weighted by atomic mass is 16.5. The van der Waals surface area contributed by atoms with Gasteiger partial charge in [0.1, 0.15) is 11.8 Å². The molecule has 0 saturated heterocycles. The van der Waals surface area contributed by atoms with Gasteiger partial charge in [0, 0.05) is 11.1 Å². The van der Waals surface area contributed by atoms with Crippen molar-refractivity contribution in [3.05, 3.63) is 64.7 Å². The van der Waals surface area contributed by atoms with E-state index in [1.165, 1.54) is 0 Å². The lowest BCUT2D eigenvalue weighted by Crippen LogP contribution is -2.45. The SMILES string of the molecule is COc1ccc(C(=O)N[C@H](C(=O)OCC(=O)c2cc(C)ccc2C)C(C)C)cc1. The lowest BCUT2D eigenvalue weighted by Gasteiger charge is -2.21. The number of nitrogens with one attached hydrogen (secondary N) is 1. The monoisotopic (exact) mass is 397 g/mol. The number of hydrogen-bond acceptors (Lipinski definition) is 5. The quantitative estimate of drug-likeness (QED) is 0.545. The third kappa shape index (κ3) is 5.91. The Hall–Kier alpha value is -3.15. The molecule has 29 heavy (non-hydrogen) atoms. The highest BCUT2D eigenvalue weighted by molar-refractivity contribution is 6.00. The summed E-state index contributed by atoms with van der Waals surface area (Å²) in [5, 5.41) is 2.69. The molecule has 0 aliphatic heterocycles. The zero-order valence-corrected chi connectivity index (χ0v) is 17.4. The predicted octanol–water partition coefficient (Wildman–Crippen LogP) is 3.49. The van der Waals surface area contributed by atoms with Gasteiger partial charge in [0.2, 0.25) is 5.78 Å². The van der Waals surface area contributed by atoms with Crippen LogP contribution in [0.4, 0.5) is 0 Å². The molecule has 0 heterocycles. The van der Waals surface area contributed by atoms with E-state index in [1.807, 2.05) is 26.0 Å². The summed E-state index contributed by atoms with van der Waals surface area (Å²) in [5.74, 6) is -0.889. The number of methoxy groups -OCH3 is 1. The Morgan fingerprint density at radius 1 is 1.00 bits per heavy atom. The van der Waals surface area contributed by atoms with E-state index >= 15 is 0 Å². The average Bonchev–Trinajstić information content (AvgIpc) is 2.71. The molecular weight excluding hydrogens is 370 g/mol. The molecule has 0 spiro atoms. The summed E-state index contributed by atoms with van der Waals surface area (Å²) in [6.07, 6.45) is 0. The van der Waals surface area contributed by atoms with Crippen molar-refractivity contribution in [2.45, 2.75) is 33.7 Å². The lowest BCUT2D eigenvalue weighted by atomic mass is 10.0. The van der Waals surface area contributed by atoms with E-state index in [0.29, 0.717) is 16.9 Å². The molecule has 6 nitrogen and oxygen atoms in total. The smallest absolute Gasteiger partial charge is 0.329 e. The molecule has 0 unspecified atom stereocenters. The normalized spacial score (nSPS) is 11.7. The number of esters is 1. The summed E-state index contributed by atoms with van der Waals surface area (Å²) < 4.78 is 10.3. The maximum absolute atomic E-state index is 12.5. The minimum atomic E-state index is -0.865. The fourth-order valence-corrected chi connectivity index (χ4v) is 2.81. The van der Waals surface area contributed by atoms with Gasteiger partial charge < -0.3 is 14.8 Å². The third-order valence-electron chi connectivity index (χ3n) is 4.60. The fraction of sp³-hybridized carbons (Fsp3) is 0.348. The zero-order chi connectivity index (χ0) is 21.6. The van der Waals surface area contributed by atoms with Crippen LogP contribution in [0.15, 0.2) is 42.5 Å². The van der Waals surface area contributed by atoms with Crippen LogP contribution in [0, 0.1) is 19.8 Å². The van der Waals surface area contributed by atoms with E-state index in [-0.39, 0.29) is 18.3 Å². The minimum Gasteiger partial charge on any atom is -0.497 e. The summed E-state index contributed by atoms with van der Waals surface area (Å²) in [6.45, 7) is 6.95. The first-order valence-electron chi connectivity index (χ1n) is 9.45. The number of hydrogen-bond donors (Lipinski definition) is 1. The van der Waals surface area contributed by atoms with Gasteiger partial charge in [-0.2, -0.15) is 0 Å². The lowest BCUT2D eigenvalue weighted by molar-refractivity contribution is -0.145. The number of aryl methyl sites for hydroxylation is 2. The van der Waals surface area contributed by atoms with E-state index in [1.54, 1.807) is 51.3 Å². The largest absolute Gasteiger partial charge is 0.497 e. The second-order valence-corrected chi connectivity index (χ2v) is 7.27. The highest BCUT2D eigenvalue weighted by Crippen LogP contribution is 2.14. The van der Waals surface area contributed by atoms with Crippen molar-refractivity contribution >= 4 is 17.7 Å². The van der Waals surface area contributed by atoms with Crippen LogP contribution in [0.5, 0.6) is 5.75 Å². The Morgan fingerprint density at radius 3 is 2.24 bits per heavy atom. The van der Waals surface area contributed by atoms with Gasteiger partial charge in [0.25, 0.3) is 5.91 Å². The van der Waals surface area contributed by atoms with Crippen LogP contribution in [-0.4, -0.2) is 37.4 Å². The first-order valence-corrected chi connectivity index (χ1v) is 9.45. The molecule has 0 aromatic heterocycles. The molecular formula is C23H27NO5. The summed E-state index contributed by atoms with van der Waals surface area (Å²) in [5.41, 5.74) is 2.71. The van der Waals surface area contributed by atoms with Crippen LogP contribution in [-0.2, 0) is 9.53 Å². The second kappa shape index (κ2) is 9.87. The molecule has 2 aromatic carbocycles. The molecule has 6 heteroatoms. The van der Waals surface area contributed by atoms with Gasteiger partial charge in [-0.25, -0.2) is 4.79 Å². The number of amides is 1. The molecule has 2 aromatic rings. The van der Waals surface area contributed by atoms with Crippen LogP contribution in [0.2, 0.25) is 0 Å². The zero-order valence-electron chi connectivity index (χ0n) is 17.4. The molecule has 0 saturated carbocycles. The number of ether oxygens (including phenoxy) is 2. The number of ketones is 1. The van der Waals surface area contributed by atoms with Crippen LogP contribution in [0.1, 0.15) is 45.7 Å². The van der Waals surface area contributed by atoms with Crippen molar-refractivity contribution < 1.29 is 23.9 Å². The van der Waals surface area contributed by atoms with Gasteiger partial charge in [0.15, 0.2) is 6.61 Å². The minimum absolute atomic E-state index is 0.208. The highest BCUT2D eigenvalue weighted by Gasteiger charge is 2.27. The summed E-state index contributed by atoms with van der Waals surface area (Å²) in [7, 11) is 1.54. The number of benzene rings is 2.